The number of nitro groups is 1. The first-order valence-electron chi connectivity index (χ1n) is 7.08. The average molecular weight is 276 g/mol. The lowest BCUT2D eigenvalue weighted by atomic mass is 10.0. The molecule has 2 fully saturated rings. The number of hydrogen-bond donors (Lipinski definition) is 1. The molecule has 0 amide bonds. The Morgan fingerprint density at radius 3 is 2.65 bits per heavy atom. The van der Waals surface area contributed by atoms with Gasteiger partial charge in [0, 0.05) is 37.0 Å². The average Bonchev–Trinajstić information content (AvgIpc) is 2.93. The van der Waals surface area contributed by atoms with Crippen molar-refractivity contribution in [2.24, 2.45) is 11.8 Å². The number of likely N-dealkylation sites (tertiary alicyclic amines) is 1. The molecule has 3 heterocycles. The van der Waals surface area contributed by atoms with Gasteiger partial charge in [-0.3, -0.25) is 20.0 Å². The summed E-state index contributed by atoms with van der Waals surface area (Å²) in [5, 5.41) is 14.6. The summed E-state index contributed by atoms with van der Waals surface area (Å²) in [6.45, 7) is 8.61. The van der Waals surface area contributed by atoms with E-state index in [1.54, 1.807) is 13.1 Å². The maximum atomic E-state index is 11.1. The molecule has 1 aromatic heterocycles. The van der Waals surface area contributed by atoms with E-state index in [1.807, 2.05) is 6.92 Å². The van der Waals surface area contributed by atoms with E-state index in [4.69, 9.17) is 0 Å². The molecule has 6 nitrogen and oxygen atoms in total. The van der Waals surface area contributed by atoms with Crippen LogP contribution in [0, 0.1) is 35.8 Å². The second-order valence-corrected chi connectivity index (χ2v) is 5.99. The maximum absolute atomic E-state index is 11.1. The minimum Gasteiger partial charge on any atom is -0.316 e. The standard InChI is InChI=1S/C14H20N4O2/c1-9-3-16-13(10(2)14(9)18(19)20)8-17-6-11-4-15-5-12(11)7-17/h3,11-12,15H,4-8H2,1-2H3/t11-,12+. The molecule has 2 aliphatic heterocycles. The number of fused-ring (bicyclic) bond motifs is 1. The van der Waals surface area contributed by atoms with Gasteiger partial charge in [-0.2, -0.15) is 0 Å². The van der Waals surface area contributed by atoms with Gasteiger partial charge in [0.1, 0.15) is 0 Å². The van der Waals surface area contributed by atoms with Gasteiger partial charge in [0.25, 0.3) is 5.69 Å². The van der Waals surface area contributed by atoms with Gasteiger partial charge in [-0.05, 0) is 38.8 Å². The van der Waals surface area contributed by atoms with Crippen LogP contribution >= 0.6 is 0 Å². The highest BCUT2D eigenvalue weighted by atomic mass is 16.6. The van der Waals surface area contributed by atoms with E-state index in [0.717, 1.165) is 50.3 Å². The molecule has 2 aliphatic rings. The van der Waals surface area contributed by atoms with Crippen molar-refractivity contribution in [3.05, 3.63) is 33.1 Å². The van der Waals surface area contributed by atoms with E-state index in [0.29, 0.717) is 11.1 Å². The second-order valence-electron chi connectivity index (χ2n) is 5.99. The van der Waals surface area contributed by atoms with Crippen LogP contribution in [0.3, 0.4) is 0 Å². The van der Waals surface area contributed by atoms with Crippen LogP contribution < -0.4 is 5.32 Å². The zero-order valence-corrected chi connectivity index (χ0v) is 11.9. The van der Waals surface area contributed by atoms with Crippen LogP contribution in [-0.2, 0) is 6.54 Å². The Morgan fingerprint density at radius 2 is 2.05 bits per heavy atom. The Bertz CT molecular complexity index is 534. The molecule has 2 saturated heterocycles. The van der Waals surface area contributed by atoms with Crippen molar-refractivity contribution < 1.29 is 4.92 Å². The molecule has 0 bridgehead atoms. The van der Waals surface area contributed by atoms with Crippen LogP contribution in [0.5, 0.6) is 0 Å². The minimum atomic E-state index is -0.293. The molecule has 1 aromatic rings. The number of hydrogen-bond acceptors (Lipinski definition) is 5. The van der Waals surface area contributed by atoms with Gasteiger partial charge < -0.3 is 5.32 Å². The maximum Gasteiger partial charge on any atom is 0.278 e. The van der Waals surface area contributed by atoms with Crippen molar-refractivity contribution in [3.8, 4) is 0 Å². The molecule has 1 N–H and O–H groups in total. The van der Waals surface area contributed by atoms with E-state index in [2.05, 4.69) is 15.2 Å². The van der Waals surface area contributed by atoms with Crippen molar-refractivity contribution in [2.75, 3.05) is 26.2 Å². The van der Waals surface area contributed by atoms with E-state index < -0.39 is 0 Å². The predicted octanol–water partition coefficient (Wildman–Crippen LogP) is 1.26. The molecular formula is C14H20N4O2. The molecule has 0 unspecified atom stereocenters. The molecule has 0 spiro atoms. The largest absolute Gasteiger partial charge is 0.316 e. The second kappa shape index (κ2) is 5.10. The van der Waals surface area contributed by atoms with Gasteiger partial charge in [0.15, 0.2) is 0 Å². The van der Waals surface area contributed by atoms with E-state index in [9.17, 15) is 10.1 Å². The quantitative estimate of drug-likeness (QED) is 0.664. The summed E-state index contributed by atoms with van der Waals surface area (Å²) in [6.07, 6.45) is 1.62. The molecule has 2 atom stereocenters. The van der Waals surface area contributed by atoms with Crippen molar-refractivity contribution in [2.45, 2.75) is 20.4 Å². The van der Waals surface area contributed by atoms with Gasteiger partial charge >= 0.3 is 0 Å². The van der Waals surface area contributed by atoms with Gasteiger partial charge in [0.2, 0.25) is 0 Å². The number of nitrogens with zero attached hydrogens (tertiary/aromatic N) is 3. The first-order chi connectivity index (χ1) is 9.56. The molecule has 20 heavy (non-hydrogen) atoms. The fourth-order valence-electron chi connectivity index (χ4n) is 3.50. The lowest BCUT2D eigenvalue weighted by Gasteiger charge is -2.17. The number of pyridine rings is 1. The third-order valence-electron chi connectivity index (χ3n) is 4.60. The highest BCUT2D eigenvalue weighted by Crippen LogP contribution is 2.29. The minimum absolute atomic E-state index is 0.219. The summed E-state index contributed by atoms with van der Waals surface area (Å²) in [5.74, 6) is 1.46. The summed E-state index contributed by atoms with van der Waals surface area (Å²) < 4.78 is 0. The molecule has 0 radical (unpaired) electrons. The molecular weight excluding hydrogens is 256 g/mol. The first-order valence-corrected chi connectivity index (χ1v) is 7.08. The molecule has 0 aromatic carbocycles. The number of rotatable bonds is 3. The Kier molecular flexibility index (Phi) is 3.43. The van der Waals surface area contributed by atoms with E-state index in [-0.39, 0.29) is 10.6 Å². The molecule has 108 valence electrons. The zero-order chi connectivity index (χ0) is 14.3. The fraction of sp³-hybridized carbons (Fsp3) is 0.643. The molecule has 0 saturated carbocycles. The molecule has 0 aliphatic carbocycles. The van der Waals surface area contributed by atoms with E-state index in [1.165, 1.54) is 0 Å². The molecule has 3 rings (SSSR count). The van der Waals surface area contributed by atoms with Crippen LogP contribution in [0.2, 0.25) is 0 Å². The number of aryl methyl sites for hydroxylation is 1. The summed E-state index contributed by atoms with van der Waals surface area (Å²) in [4.78, 5) is 17.7. The fourth-order valence-corrected chi connectivity index (χ4v) is 3.50. The number of nitrogens with one attached hydrogen (secondary N) is 1. The monoisotopic (exact) mass is 276 g/mol. The van der Waals surface area contributed by atoms with Crippen molar-refractivity contribution in [1.82, 2.24) is 15.2 Å². The Hall–Kier alpha value is -1.53. The molecule has 6 heteroatoms. The third-order valence-corrected chi connectivity index (χ3v) is 4.60. The van der Waals surface area contributed by atoms with Crippen LogP contribution in [0.25, 0.3) is 0 Å². The van der Waals surface area contributed by atoms with Gasteiger partial charge in [-0.1, -0.05) is 0 Å². The highest BCUT2D eigenvalue weighted by molar-refractivity contribution is 5.47. The van der Waals surface area contributed by atoms with Crippen LogP contribution in [0.1, 0.15) is 16.8 Å². The van der Waals surface area contributed by atoms with Crippen molar-refractivity contribution >= 4 is 5.69 Å². The zero-order valence-electron chi connectivity index (χ0n) is 11.9. The Labute approximate surface area is 118 Å². The summed E-state index contributed by atoms with van der Waals surface area (Å²) in [6, 6.07) is 0. The topological polar surface area (TPSA) is 71.3 Å². The number of aromatic nitrogens is 1. The van der Waals surface area contributed by atoms with Gasteiger partial charge in [-0.15, -0.1) is 0 Å². The Balaban J connectivity index is 1.78. The first kappa shape index (κ1) is 13.5. The Morgan fingerprint density at radius 1 is 1.40 bits per heavy atom. The lowest BCUT2D eigenvalue weighted by molar-refractivity contribution is -0.386. The summed E-state index contributed by atoms with van der Waals surface area (Å²) in [7, 11) is 0. The van der Waals surface area contributed by atoms with Crippen LogP contribution in [0.15, 0.2) is 6.20 Å². The smallest absolute Gasteiger partial charge is 0.278 e. The van der Waals surface area contributed by atoms with Gasteiger partial charge in [0.05, 0.1) is 10.6 Å². The van der Waals surface area contributed by atoms with Crippen LogP contribution in [0.4, 0.5) is 5.69 Å². The van der Waals surface area contributed by atoms with Crippen molar-refractivity contribution in [3.63, 3.8) is 0 Å². The highest BCUT2D eigenvalue weighted by Gasteiger charge is 2.36. The van der Waals surface area contributed by atoms with Crippen LogP contribution in [-0.4, -0.2) is 41.0 Å². The normalized spacial score (nSPS) is 25.9. The SMILES string of the molecule is Cc1cnc(CN2C[C@H]3CNC[C@H]3C2)c(C)c1[N+](=O)[O-]. The van der Waals surface area contributed by atoms with E-state index >= 15 is 0 Å². The lowest BCUT2D eigenvalue weighted by Crippen LogP contribution is -2.26. The summed E-state index contributed by atoms with van der Waals surface area (Å²) in [5.41, 5.74) is 2.41. The summed E-state index contributed by atoms with van der Waals surface area (Å²) >= 11 is 0. The third kappa shape index (κ3) is 2.29. The predicted molar refractivity (Wildman–Crippen MR) is 75.5 cm³/mol. The van der Waals surface area contributed by atoms with Gasteiger partial charge in [-0.25, -0.2) is 0 Å². The van der Waals surface area contributed by atoms with Crippen molar-refractivity contribution in [1.29, 1.82) is 0 Å².